The van der Waals surface area contributed by atoms with Crippen molar-refractivity contribution >= 4 is 0 Å². The number of nitriles is 1. The first-order chi connectivity index (χ1) is 6.19. The molecule has 13 heavy (non-hydrogen) atoms. The van der Waals surface area contributed by atoms with E-state index < -0.39 is 0 Å². The summed E-state index contributed by atoms with van der Waals surface area (Å²) in [5, 5.41) is 8.55. The van der Waals surface area contributed by atoms with Crippen LogP contribution in [0.5, 0.6) is 5.75 Å². The van der Waals surface area contributed by atoms with Gasteiger partial charge in [-0.25, -0.2) is 0 Å². The summed E-state index contributed by atoms with van der Waals surface area (Å²) in [7, 11) is 1.67. The SMILES string of the molecule is COc1c(C)cc(CC#N)cc1C. The third-order valence-corrected chi connectivity index (χ3v) is 2.01. The fourth-order valence-corrected chi connectivity index (χ4v) is 1.56. The zero-order valence-corrected chi connectivity index (χ0v) is 8.22. The van der Waals surface area contributed by atoms with Crippen molar-refractivity contribution in [2.24, 2.45) is 0 Å². The molecule has 0 unspecified atom stereocenters. The van der Waals surface area contributed by atoms with Crippen LogP contribution in [0.3, 0.4) is 0 Å². The zero-order chi connectivity index (χ0) is 9.84. The second kappa shape index (κ2) is 3.95. The van der Waals surface area contributed by atoms with Crippen molar-refractivity contribution in [3.05, 3.63) is 28.8 Å². The Bertz CT molecular complexity index is 327. The van der Waals surface area contributed by atoms with Crippen molar-refractivity contribution in [1.29, 1.82) is 5.26 Å². The van der Waals surface area contributed by atoms with E-state index in [1.54, 1.807) is 7.11 Å². The fourth-order valence-electron chi connectivity index (χ4n) is 1.56. The molecule has 0 fully saturated rings. The highest BCUT2D eigenvalue weighted by atomic mass is 16.5. The van der Waals surface area contributed by atoms with Gasteiger partial charge in [0.2, 0.25) is 0 Å². The van der Waals surface area contributed by atoms with Crippen molar-refractivity contribution in [1.82, 2.24) is 0 Å². The Kier molecular flexibility index (Phi) is 2.92. The monoisotopic (exact) mass is 175 g/mol. The van der Waals surface area contributed by atoms with E-state index in [2.05, 4.69) is 6.07 Å². The molecule has 0 bridgehead atoms. The van der Waals surface area contributed by atoms with Crippen LogP contribution < -0.4 is 4.74 Å². The summed E-state index contributed by atoms with van der Waals surface area (Å²) in [4.78, 5) is 0. The van der Waals surface area contributed by atoms with Crippen molar-refractivity contribution in [3.8, 4) is 11.8 Å². The Balaban J connectivity index is 3.14. The number of hydrogen-bond acceptors (Lipinski definition) is 2. The van der Waals surface area contributed by atoms with Gasteiger partial charge in [-0.2, -0.15) is 5.26 Å². The summed E-state index contributed by atoms with van der Waals surface area (Å²) >= 11 is 0. The van der Waals surface area contributed by atoms with Crippen LogP contribution in [-0.2, 0) is 6.42 Å². The van der Waals surface area contributed by atoms with E-state index in [0.717, 1.165) is 22.4 Å². The summed E-state index contributed by atoms with van der Waals surface area (Å²) < 4.78 is 5.23. The normalized spacial score (nSPS) is 9.38. The Morgan fingerprint density at radius 3 is 2.23 bits per heavy atom. The molecule has 68 valence electrons. The minimum absolute atomic E-state index is 0.464. The molecule has 0 aliphatic heterocycles. The first-order valence-electron chi connectivity index (χ1n) is 4.20. The summed E-state index contributed by atoms with van der Waals surface area (Å²) in [6.45, 7) is 3.99. The lowest BCUT2D eigenvalue weighted by Gasteiger charge is -2.09. The highest BCUT2D eigenvalue weighted by Gasteiger charge is 2.04. The Morgan fingerprint density at radius 2 is 1.85 bits per heavy atom. The maximum absolute atomic E-state index is 8.55. The van der Waals surface area contributed by atoms with Gasteiger partial charge in [-0.1, -0.05) is 12.1 Å². The van der Waals surface area contributed by atoms with Gasteiger partial charge in [0.15, 0.2) is 0 Å². The lowest BCUT2D eigenvalue weighted by atomic mass is 10.0. The van der Waals surface area contributed by atoms with Crippen molar-refractivity contribution in [3.63, 3.8) is 0 Å². The molecular weight excluding hydrogens is 162 g/mol. The van der Waals surface area contributed by atoms with Gasteiger partial charge in [-0.15, -0.1) is 0 Å². The number of aryl methyl sites for hydroxylation is 2. The Morgan fingerprint density at radius 1 is 1.31 bits per heavy atom. The fraction of sp³-hybridized carbons (Fsp3) is 0.364. The molecule has 2 nitrogen and oxygen atoms in total. The second-order valence-corrected chi connectivity index (χ2v) is 3.10. The van der Waals surface area contributed by atoms with E-state index in [1.807, 2.05) is 26.0 Å². The largest absolute Gasteiger partial charge is 0.496 e. The zero-order valence-electron chi connectivity index (χ0n) is 8.22. The van der Waals surface area contributed by atoms with Crippen LogP contribution in [-0.4, -0.2) is 7.11 Å². The first kappa shape index (κ1) is 9.60. The molecule has 1 aromatic rings. The molecule has 0 saturated carbocycles. The molecule has 2 heteroatoms. The van der Waals surface area contributed by atoms with Crippen molar-refractivity contribution in [2.75, 3.05) is 7.11 Å². The number of ether oxygens (including phenoxy) is 1. The topological polar surface area (TPSA) is 33.0 Å². The van der Waals surface area contributed by atoms with Crippen LogP contribution in [0.4, 0.5) is 0 Å². The van der Waals surface area contributed by atoms with Crippen LogP contribution in [0.1, 0.15) is 16.7 Å². The molecule has 0 aliphatic rings. The third kappa shape index (κ3) is 2.00. The molecule has 0 aliphatic carbocycles. The molecule has 1 rings (SSSR count). The Labute approximate surface area is 78.8 Å². The maximum atomic E-state index is 8.55. The van der Waals surface area contributed by atoms with E-state index in [4.69, 9.17) is 10.00 Å². The number of rotatable bonds is 2. The molecule has 0 aromatic heterocycles. The molecular formula is C11H13NO. The quantitative estimate of drug-likeness (QED) is 0.691. The third-order valence-electron chi connectivity index (χ3n) is 2.01. The standard InChI is InChI=1S/C11H13NO/c1-8-6-10(4-5-12)7-9(2)11(8)13-3/h6-7H,4H2,1-3H3. The van der Waals surface area contributed by atoms with Gasteiger partial charge < -0.3 is 4.74 Å². The van der Waals surface area contributed by atoms with Crippen LogP contribution in [0.2, 0.25) is 0 Å². The van der Waals surface area contributed by atoms with Gasteiger partial charge >= 0.3 is 0 Å². The smallest absolute Gasteiger partial charge is 0.124 e. The van der Waals surface area contributed by atoms with Gasteiger partial charge in [-0.3, -0.25) is 0 Å². The lowest BCUT2D eigenvalue weighted by Crippen LogP contribution is -1.93. The molecule has 0 radical (unpaired) electrons. The predicted octanol–water partition coefficient (Wildman–Crippen LogP) is 2.38. The summed E-state index contributed by atoms with van der Waals surface area (Å²) in [6.07, 6.45) is 0.464. The molecule has 0 spiro atoms. The first-order valence-corrected chi connectivity index (χ1v) is 4.20. The lowest BCUT2D eigenvalue weighted by molar-refractivity contribution is 0.408. The van der Waals surface area contributed by atoms with Crippen molar-refractivity contribution < 1.29 is 4.74 Å². The molecule has 1 aromatic carbocycles. The highest BCUT2D eigenvalue weighted by Crippen LogP contribution is 2.24. The number of hydrogen-bond donors (Lipinski definition) is 0. The van der Waals surface area contributed by atoms with Gasteiger partial charge in [0.05, 0.1) is 19.6 Å². The molecule has 0 heterocycles. The minimum atomic E-state index is 0.464. The van der Waals surface area contributed by atoms with E-state index in [1.165, 1.54) is 0 Å². The highest BCUT2D eigenvalue weighted by molar-refractivity contribution is 5.43. The summed E-state index contributed by atoms with van der Waals surface area (Å²) in [5.41, 5.74) is 3.24. The van der Waals surface area contributed by atoms with E-state index >= 15 is 0 Å². The second-order valence-electron chi connectivity index (χ2n) is 3.10. The van der Waals surface area contributed by atoms with Crippen LogP contribution in [0.25, 0.3) is 0 Å². The van der Waals surface area contributed by atoms with E-state index in [9.17, 15) is 0 Å². The summed E-state index contributed by atoms with van der Waals surface area (Å²) in [6, 6.07) is 6.13. The minimum Gasteiger partial charge on any atom is -0.496 e. The van der Waals surface area contributed by atoms with E-state index in [0.29, 0.717) is 6.42 Å². The number of methoxy groups -OCH3 is 1. The molecule has 0 amide bonds. The molecule has 0 saturated heterocycles. The van der Waals surface area contributed by atoms with Gasteiger partial charge in [0, 0.05) is 0 Å². The van der Waals surface area contributed by atoms with Crippen LogP contribution >= 0.6 is 0 Å². The number of benzene rings is 1. The van der Waals surface area contributed by atoms with Crippen molar-refractivity contribution in [2.45, 2.75) is 20.3 Å². The predicted molar refractivity (Wildman–Crippen MR) is 51.8 cm³/mol. The molecule has 0 N–H and O–H groups in total. The number of nitrogens with zero attached hydrogens (tertiary/aromatic N) is 1. The van der Waals surface area contributed by atoms with Crippen LogP contribution in [0.15, 0.2) is 12.1 Å². The summed E-state index contributed by atoms with van der Waals surface area (Å²) in [5.74, 6) is 0.918. The maximum Gasteiger partial charge on any atom is 0.124 e. The van der Waals surface area contributed by atoms with E-state index in [-0.39, 0.29) is 0 Å². The van der Waals surface area contributed by atoms with Crippen LogP contribution in [0, 0.1) is 25.2 Å². The van der Waals surface area contributed by atoms with Gasteiger partial charge in [0.1, 0.15) is 5.75 Å². The van der Waals surface area contributed by atoms with Gasteiger partial charge in [0.25, 0.3) is 0 Å². The average Bonchev–Trinajstić information content (AvgIpc) is 2.04. The van der Waals surface area contributed by atoms with Gasteiger partial charge in [-0.05, 0) is 30.5 Å². The Hall–Kier alpha value is -1.49. The average molecular weight is 175 g/mol. The molecule has 0 atom stereocenters.